The molecule has 1 heterocycles. The Kier molecular flexibility index (Phi) is 4.90. The molecule has 1 rings (SSSR count). The monoisotopic (exact) mass is 290 g/mol. The van der Waals surface area contributed by atoms with Crippen molar-refractivity contribution < 1.29 is 17.9 Å². The van der Waals surface area contributed by atoms with E-state index < -0.39 is 16.3 Å². The number of ether oxygens (including phenoxy) is 1. The van der Waals surface area contributed by atoms with E-state index in [-0.39, 0.29) is 11.7 Å². The second-order valence-electron chi connectivity index (χ2n) is 2.73. The van der Waals surface area contributed by atoms with Crippen molar-refractivity contribution in [1.82, 2.24) is 9.71 Å². The average molecular weight is 290 g/mol. The molecule has 0 radical (unpaired) electrons. The topological polar surface area (TPSA) is 123 Å². The molecule has 0 bridgehead atoms. The lowest BCUT2D eigenvalue weighted by atomic mass is 10.5. The Morgan fingerprint density at radius 1 is 1.67 bits per heavy atom. The van der Waals surface area contributed by atoms with Crippen LogP contribution >= 0.6 is 11.3 Å². The number of carbonyl (C=O) groups excluding carboxylic acids is 1. The summed E-state index contributed by atoms with van der Waals surface area (Å²) in [5.41, 5.74) is 5.19. The average Bonchev–Trinajstić information content (AvgIpc) is 2.72. The summed E-state index contributed by atoms with van der Waals surface area (Å²) in [6.45, 7) is 0.197. The summed E-state index contributed by atoms with van der Waals surface area (Å²) in [7, 11) is -3.00. The first-order chi connectivity index (χ1) is 8.46. The number of rotatable bonds is 3. The van der Waals surface area contributed by atoms with Crippen LogP contribution < -0.4 is 15.2 Å². The smallest absolute Gasteiger partial charge is 0.422 e. The summed E-state index contributed by atoms with van der Waals surface area (Å²) in [6, 6.07) is 0. The molecule has 0 aliphatic carbocycles. The highest BCUT2D eigenvalue weighted by Gasteiger charge is 2.16. The summed E-state index contributed by atoms with van der Waals surface area (Å²) >= 11 is 1.01. The second kappa shape index (κ2) is 6.20. The van der Waals surface area contributed by atoms with Gasteiger partial charge < -0.3 is 10.5 Å². The first kappa shape index (κ1) is 14.2. The Morgan fingerprint density at radius 3 is 3.00 bits per heavy atom. The molecule has 10 heteroatoms. The number of nitrogens with one attached hydrogen (secondary N) is 2. The molecule has 0 aliphatic rings. The molecule has 98 valence electrons. The number of carbonyl (C=O) groups is 1. The molecule has 0 aliphatic heterocycles. The summed E-state index contributed by atoms with van der Waals surface area (Å²) in [4.78, 5) is 15.1. The molecule has 0 aromatic carbocycles. The fourth-order valence-corrected chi connectivity index (χ4v) is 2.48. The quantitative estimate of drug-likeness (QED) is 0.643. The molecule has 1 aromatic heterocycles. The van der Waals surface area contributed by atoms with Gasteiger partial charge in [-0.1, -0.05) is 23.2 Å². The van der Waals surface area contributed by atoms with Crippen molar-refractivity contribution in [3.05, 3.63) is 11.1 Å². The first-order valence-electron chi connectivity index (χ1n) is 4.50. The molecule has 1 amide bonds. The number of aromatic nitrogens is 1. The van der Waals surface area contributed by atoms with Gasteiger partial charge in [-0.3, -0.25) is 0 Å². The van der Waals surface area contributed by atoms with Gasteiger partial charge in [0, 0.05) is 0 Å². The van der Waals surface area contributed by atoms with Crippen molar-refractivity contribution in [3.63, 3.8) is 0 Å². The molecule has 1 aromatic rings. The molecule has 4 N–H and O–H groups in total. The highest BCUT2D eigenvalue weighted by Crippen LogP contribution is 2.17. The third kappa shape index (κ3) is 4.58. The van der Waals surface area contributed by atoms with E-state index in [2.05, 4.69) is 21.6 Å². The van der Waals surface area contributed by atoms with E-state index in [1.54, 1.807) is 4.72 Å². The van der Waals surface area contributed by atoms with Gasteiger partial charge in [-0.15, -0.1) is 0 Å². The number of hydrogen-bond donors (Lipinski definition) is 3. The first-order valence-corrected chi connectivity index (χ1v) is 6.80. The van der Waals surface area contributed by atoms with Crippen LogP contribution in [-0.2, 0) is 14.9 Å². The van der Waals surface area contributed by atoms with E-state index in [9.17, 15) is 13.2 Å². The highest BCUT2D eigenvalue weighted by molar-refractivity contribution is 7.91. The molecule has 8 nitrogen and oxygen atoms in total. The second-order valence-corrected chi connectivity index (χ2v) is 5.18. The van der Waals surface area contributed by atoms with Crippen molar-refractivity contribution in [2.24, 2.45) is 5.73 Å². The minimum absolute atomic E-state index is 0.0766. The van der Waals surface area contributed by atoms with Gasteiger partial charge in [-0.2, -0.15) is 8.42 Å². The maximum Gasteiger partial charge on any atom is 0.422 e. The molecular weight excluding hydrogens is 280 g/mol. The zero-order chi connectivity index (χ0) is 13.6. The van der Waals surface area contributed by atoms with Gasteiger partial charge in [0.2, 0.25) is 0 Å². The normalized spacial score (nSPS) is 10.1. The lowest BCUT2D eigenvalue weighted by molar-refractivity contribution is 0.177. The van der Waals surface area contributed by atoms with E-state index in [0.717, 1.165) is 18.4 Å². The van der Waals surface area contributed by atoms with Gasteiger partial charge in [-0.25, -0.2) is 19.2 Å². The predicted octanol–water partition coefficient (Wildman–Crippen LogP) is -0.534. The number of nitrogens with two attached hydrogens (primary N) is 1. The van der Waals surface area contributed by atoms with Crippen LogP contribution in [0.4, 0.5) is 9.93 Å². The van der Waals surface area contributed by atoms with E-state index in [1.807, 2.05) is 4.72 Å². The lowest BCUT2D eigenvalue weighted by Gasteiger charge is -2.04. The molecule has 0 saturated carbocycles. The van der Waals surface area contributed by atoms with Crippen LogP contribution in [0.5, 0.6) is 0 Å². The summed E-state index contributed by atoms with van der Waals surface area (Å²) in [5.74, 6) is 5.30. The zero-order valence-electron chi connectivity index (χ0n) is 9.26. The third-order valence-corrected chi connectivity index (χ3v) is 3.30. The van der Waals surface area contributed by atoms with Crippen LogP contribution in [0.3, 0.4) is 0 Å². The number of amides is 1. The Morgan fingerprint density at radius 2 is 2.39 bits per heavy atom. The number of methoxy groups -OCH3 is 1. The molecule has 0 saturated heterocycles. The van der Waals surface area contributed by atoms with Crippen LogP contribution in [0.2, 0.25) is 0 Å². The van der Waals surface area contributed by atoms with E-state index >= 15 is 0 Å². The number of anilines is 1. The van der Waals surface area contributed by atoms with Gasteiger partial charge in [0.15, 0.2) is 5.13 Å². The van der Waals surface area contributed by atoms with Crippen LogP contribution in [-0.4, -0.2) is 33.1 Å². The Bertz CT molecular complexity index is 584. The zero-order valence-corrected chi connectivity index (χ0v) is 10.9. The molecule has 0 atom stereocenters. The van der Waals surface area contributed by atoms with Crippen LogP contribution in [0.25, 0.3) is 0 Å². The van der Waals surface area contributed by atoms with Crippen molar-refractivity contribution in [2.75, 3.05) is 18.4 Å². The Hall–Kier alpha value is -1.83. The highest BCUT2D eigenvalue weighted by atomic mass is 32.2. The Labute approximate surface area is 108 Å². The summed E-state index contributed by atoms with van der Waals surface area (Å²) < 4.78 is 30.6. The van der Waals surface area contributed by atoms with Crippen molar-refractivity contribution in [3.8, 4) is 11.8 Å². The maximum absolute atomic E-state index is 11.4. The number of nitrogens with zero attached hydrogens (tertiary/aromatic N) is 1. The minimum atomic E-state index is -4.05. The van der Waals surface area contributed by atoms with Gasteiger partial charge >= 0.3 is 16.3 Å². The molecule has 0 spiro atoms. The fourth-order valence-electron chi connectivity index (χ4n) is 0.809. The van der Waals surface area contributed by atoms with E-state index in [0.29, 0.717) is 4.88 Å². The van der Waals surface area contributed by atoms with Gasteiger partial charge in [0.25, 0.3) is 0 Å². The summed E-state index contributed by atoms with van der Waals surface area (Å²) in [6.07, 6.45) is 0.297. The van der Waals surface area contributed by atoms with Gasteiger partial charge in [0.05, 0.1) is 24.7 Å². The predicted molar refractivity (Wildman–Crippen MR) is 66.1 cm³/mol. The molecule has 18 heavy (non-hydrogen) atoms. The van der Waals surface area contributed by atoms with Crippen LogP contribution in [0.1, 0.15) is 4.88 Å². The van der Waals surface area contributed by atoms with Gasteiger partial charge in [0.1, 0.15) is 0 Å². The van der Waals surface area contributed by atoms with E-state index in [4.69, 9.17) is 5.73 Å². The Balaban J connectivity index is 2.73. The molecular formula is C8H10N4O4S2. The van der Waals surface area contributed by atoms with E-state index in [1.165, 1.54) is 6.20 Å². The van der Waals surface area contributed by atoms with Crippen molar-refractivity contribution >= 4 is 32.8 Å². The molecule has 0 unspecified atom stereocenters. The minimum Gasteiger partial charge on any atom is -0.452 e. The SMILES string of the molecule is COC(=O)NS(=O)(=O)Nc1ncc(C#CCN)s1. The van der Waals surface area contributed by atoms with Gasteiger partial charge in [-0.05, 0) is 0 Å². The summed E-state index contributed by atoms with van der Waals surface area (Å²) in [5, 5.41) is 0.0766. The van der Waals surface area contributed by atoms with Crippen LogP contribution in [0.15, 0.2) is 6.20 Å². The third-order valence-electron chi connectivity index (χ3n) is 1.44. The maximum atomic E-state index is 11.4. The largest absolute Gasteiger partial charge is 0.452 e. The number of hydrogen-bond acceptors (Lipinski definition) is 7. The number of thiazole rings is 1. The van der Waals surface area contributed by atoms with Crippen LogP contribution in [0, 0.1) is 11.8 Å². The standard InChI is InChI=1S/C8H10N4O4S2/c1-16-8(13)12-18(14,15)11-7-10-5-6(17-7)3-2-4-9/h5H,4,9H2,1H3,(H,10,11)(H,12,13). The van der Waals surface area contributed by atoms with Crippen molar-refractivity contribution in [2.45, 2.75) is 0 Å². The fraction of sp³-hybridized carbons (Fsp3) is 0.250. The lowest BCUT2D eigenvalue weighted by Crippen LogP contribution is -2.35. The van der Waals surface area contributed by atoms with Crippen molar-refractivity contribution in [1.29, 1.82) is 0 Å². The molecule has 0 fully saturated rings.